The van der Waals surface area contributed by atoms with Crippen molar-refractivity contribution in [1.82, 2.24) is 10.6 Å². The van der Waals surface area contributed by atoms with Gasteiger partial charge < -0.3 is 20.8 Å². The number of aliphatic hydroxyl groups excluding tert-OH is 2. The van der Waals surface area contributed by atoms with Gasteiger partial charge in [0.1, 0.15) is 0 Å². The van der Waals surface area contributed by atoms with Crippen molar-refractivity contribution in [3.05, 3.63) is 22.4 Å². The van der Waals surface area contributed by atoms with Gasteiger partial charge in [0.05, 0.1) is 6.10 Å². The molecule has 0 bridgehead atoms. The lowest BCUT2D eigenvalue weighted by Crippen LogP contribution is -2.42. The molecule has 0 saturated carbocycles. The third-order valence-electron chi connectivity index (χ3n) is 2.56. The predicted molar refractivity (Wildman–Crippen MR) is 71.6 cm³/mol. The van der Waals surface area contributed by atoms with Crippen LogP contribution in [0.3, 0.4) is 0 Å². The van der Waals surface area contributed by atoms with Gasteiger partial charge in [-0.1, -0.05) is 0 Å². The van der Waals surface area contributed by atoms with Gasteiger partial charge in [0.25, 0.3) is 0 Å². The van der Waals surface area contributed by atoms with E-state index in [1.54, 1.807) is 0 Å². The summed E-state index contributed by atoms with van der Waals surface area (Å²) in [5, 5.41) is 27.5. The molecular formula is C12H20N2O3S. The Hall–Kier alpha value is -1.11. The van der Waals surface area contributed by atoms with E-state index in [0.717, 1.165) is 12.0 Å². The van der Waals surface area contributed by atoms with E-state index < -0.39 is 6.10 Å². The Morgan fingerprint density at radius 3 is 2.94 bits per heavy atom. The van der Waals surface area contributed by atoms with Crippen LogP contribution in [0.2, 0.25) is 0 Å². The van der Waals surface area contributed by atoms with E-state index in [2.05, 4.69) is 10.6 Å². The summed E-state index contributed by atoms with van der Waals surface area (Å²) in [7, 11) is 0. The first-order chi connectivity index (χ1) is 8.63. The zero-order chi connectivity index (χ0) is 13.4. The summed E-state index contributed by atoms with van der Waals surface area (Å²) in [6.45, 7) is 2.20. The lowest BCUT2D eigenvalue weighted by molar-refractivity contribution is 0.173. The second-order valence-corrected chi connectivity index (χ2v) is 4.97. The molecule has 1 rings (SSSR count). The second kappa shape index (κ2) is 8.07. The minimum absolute atomic E-state index is 0.00967. The molecule has 5 nitrogen and oxygen atoms in total. The standard InChI is InChI=1S/C12H20N2O3S/c1-9(3-2-5-15)14-12(17)13-7-11(16)10-4-6-18-8-10/h4,6,8-9,11,15-16H,2-3,5,7H2,1H3,(H2,13,14,17). The minimum Gasteiger partial charge on any atom is -0.396 e. The van der Waals surface area contributed by atoms with E-state index in [0.29, 0.717) is 6.42 Å². The van der Waals surface area contributed by atoms with E-state index >= 15 is 0 Å². The fraction of sp³-hybridized carbons (Fsp3) is 0.583. The third kappa shape index (κ3) is 5.48. The number of urea groups is 1. The highest BCUT2D eigenvalue weighted by molar-refractivity contribution is 7.07. The summed E-state index contributed by atoms with van der Waals surface area (Å²) < 4.78 is 0. The van der Waals surface area contributed by atoms with Crippen LogP contribution in [0.1, 0.15) is 31.4 Å². The van der Waals surface area contributed by atoms with Gasteiger partial charge in [-0.25, -0.2) is 4.79 Å². The Kier molecular flexibility index (Phi) is 6.70. The first kappa shape index (κ1) is 14.9. The van der Waals surface area contributed by atoms with Crippen LogP contribution in [0.25, 0.3) is 0 Å². The lowest BCUT2D eigenvalue weighted by atomic mass is 10.2. The number of amides is 2. The number of nitrogens with one attached hydrogen (secondary N) is 2. The Morgan fingerprint density at radius 2 is 2.33 bits per heavy atom. The quantitative estimate of drug-likeness (QED) is 0.603. The Morgan fingerprint density at radius 1 is 1.56 bits per heavy atom. The maximum absolute atomic E-state index is 11.5. The highest BCUT2D eigenvalue weighted by atomic mass is 32.1. The van der Waals surface area contributed by atoms with Crippen LogP contribution in [0.5, 0.6) is 0 Å². The summed E-state index contributed by atoms with van der Waals surface area (Å²) in [6.07, 6.45) is 0.727. The number of aliphatic hydroxyl groups is 2. The number of hydrogen-bond donors (Lipinski definition) is 4. The molecule has 0 aliphatic carbocycles. The fourth-order valence-corrected chi connectivity index (χ4v) is 2.22. The number of carbonyl (C=O) groups is 1. The predicted octanol–water partition coefficient (Wildman–Crippen LogP) is 1.24. The maximum Gasteiger partial charge on any atom is 0.315 e. The van der Waals surface area contributed by atoms with Crippen molar-refractivity contribution in [2.24, 2.45) is 0 Å². The lowest BCUT2D eigenvalue weighted by Gasteiger charge is -2.15. The van der Waals surface area contributed by atoms with E-state index in [1.165, 1.54) is 11.3 Å². The summed E-state index contributed by atoms with van der Waals surface area (Å²) in [5.74, 6) is 0. The maximum atomic E-state index is 11.5. The Bertz CT molecular complexity index is 343. The monoisotopic (exact) mass is 272 g/mol. The largest absolute Gasteiger partial charge is 0.396 e. The molecule has 102 valence electrons. The Labute approximate surface area is 111 Å². The van der Waals surface area contributed by atoms with Crippen LogP contribution in [-0.4, -0.2) is 35.4 Å². The van der Waals surface area contributed by atoms with Crippen LogP contribution in [0, 0.1) is 0 Å². The van der Waals surface area contributed by atoms with Crippen LogP contribution >= 0.6 is 11.3 Å². The fourth-order valence-electron chi connectivity index (χ4n) is 1.52. The van der Waals surface area contributed by atoms with Gasteiger partial charge in [-0.3, -0.25) is 0 Å². The molecule has 0 aliphatic heterocycles. The molecule has 1 heterocycles. The molecule has 0 radical (unpaired) electrons. The van der Waals surface area contributed by atoms with Gasteiger partial charge in [-0.2, -0.15) is 11.3 Å². The molecule has 2 atom stereocenters. The summed E-state index contributed by atoms with van der Waals surface area (Å²) in [5.41, 5.74) is 0.814. The number of rotatable bonds is 7. The molecule has 0 fully saturated rings. The third-order valence-corrected chi connectivity index (χ3v) is 3.26. The van der Waals surface area contributed by atoms with Gasteiger partial charge in [-0.15, -0.1) is 0 Å². The molecule has 2 unspecified atom stereocenters. The zero-order valence-corrected chi connectivity index (χ0v) is 11.2. The zero-order valence-electron chi connectivity index (χ0n) is 10.4. The smallest absolute Gasteiger partial charge is 0.315 e. The van der Waals surface area contributed by atoms with Gasteiger partial charge in [-0.05, 0) is 42.2 Å². The minimum atomic E-state index is -0.672. The molecule has 1 aromatic rings. The molecule has 4 N–H and O–H groups in total. The highest BCUT2D eigenvalue weighted by Crippen LogP contribution is 2.14. The highest BCUT2D eigenvalue weighted by Gasteiger charge is 2.11. The van der Waals surface area contributed by atoms with E-state index in [1.807, 2.05) is 23.8 Å². The van der Waals surface area contributed by atoms with Crippen molar-refractivity contribution in [2.45, 2.75) is 31.9 Å². The van der Waals surface area contributed by atoms with E-state index in [-0.39, 0.29) is 25.2 Å². The van der Waals surface area contributed by atoms with Gasteiger partial charge in [0, 0.05) is 19.2 Å². The van der Waals surface area contributed by atoms with Gasteiger partial charge in [0.2, 0.25) is 0 Å². The number of carbonyl (C=O) groups excluding carboxylic acids is 1. The average molecular weight is 272 g/mol. The molecule has 6 heteroatoms. The van der Waals surface area contributed by atoms with Gasteiger partial charge in [0.15, 0.2) is 0 Å². The van der Waals surface area contributed by atoms with Crippen molar-refractivity contribution >= 4 is 17.4 Å². The summed E-state index contributed by atoms with van der Waals surface area (Å²) in [4.78, 5) is 11.5. The Balaban J connectivity index is 2.20. The van der Waals surface area contributed by atoms with Crippen LogP contribution in [-0.2, 0) is 0 Å². The first-order valence-electron chi connectivity index (χ1n) is 5.99. The molecule has 0 aliphatic rings. The molecular weight excluding hydrogens is 252 g/mol. The molecule has 2 amide bonds. The average Bonchev–Trinajstić information content (AvgIpc) is 2.87. The number of hydrogen-bond acceptors (Lipinski definition) is 4. The number of thiophene rings is 1. The molecule has 1 aromatic heterocycles. The SMILES string of the molecule is CC(CCCO)NC(=O)NCC(O)c1ccsc1. The summed E-state index contributed by atoms with van der Waals surface area (Å²) in [6, 6.07) is 1.55. The normalized spacial score (nSPS) is 13.9. The van der Waals surface area contributed by atoms with E-state index in [4.69, 9.17) is 5.11 Å². The van der Waals surface area contributed by atoms with Crippen molar-refractivity contribution < 1.29 is 15.0 Å². The van der Waals surface area contributed by atoms with Crippen molar-refractivity contribution in [1.29, 1.82) is 0 Å². The van der Waals surface area contributed by atoms with E-state index in [9.17, 15) is 9.90 Å². The topological polar surface area (TPSA) is 81.6 Å². The van der Waals surface area contributed by atoms with Crippen molar-refractivity contribution in [2.75, 3.05) is 13.2 Å². The molecule has 0 aromatic carbocycles. The van der Waals surface area contributed by atoms with Crippen molar-refractivity contribution in [3.63, 3.8) is 0 Å². The second-order valence-electron chi connectivity index (χ2n) is 4.19. The first-order valence-corrected chi connectivity index (χ1v) is 6.93. The summed E-state index contributed by atoms with van der Waals surface area (Å²) >= 11 is 1.51. The van der Waals surface area contributed by atoms with Crippen LogP contribution in [0.15, 0.2) is 16.8 Å². The molecule has 0 spiro atoms. The van der Waals surface area contributed by atoms with Crippen LogP contribution < -0.4 is 10.6 Å². The molecule has 18 heavy (non-hydrogen) atoms. The van der Waals surface area contributed by atoms with Crippen molar-refractivity contribution in [3.8, 4) is 0 Å². The van der Waals surface area contributed by atoms with Gasteiger partial charge >= 0.3 is 6.03 Å². The van der Waals surface area contributed by atoms with Crippen LogP contribution in [0.4, 0.5) is 4.79 Å². The molecule has 0 saturated heterocycles.